The summed E-state index contributed by atoms with van der Waals surface area (Å²) in [5, 5.41) is 6.24. The molecule has 4 heteroatoms. The number of nitrogens with one attached hydrogen (secondary N) is 2. The summed E-state index contributed by atoms with van der Waals surface area (Å²) in [4.78, 5) is 14.1. The number of likely N-dealkylation sites (tertiary alicyclic amines) is 1. The summed E-state index contributed by atoms with van der Waals surface area (Å²) >= 11 is 0. The normalized spacial score (nSPS) is 19.1. The standard InChI is InChI=1S/C15H27N3O/c1-5-8-16-15(19)13(4)18-9-6-14(7-10-18)11-17-12(2)3/h1,12-14,17H,6-11H2,2-4H3,(H,16,19). The van der Waals surface area contributed by atoms with Crippen molar-refractivity contribution in [3.63, 3.8) is 0 Å². The minimum atomic E-state index is -0.0765. The molecule has 0 aromatic heterocycles. The molecule has 1 aliphatic heterocycles. The monoisotopic (exact) mass is 265 g/mol. The number of nitrogens with zero attached hydrogens (tertiary/aromatic N) is 1. The van der Waals surface area contributed by atoms with Crippen LogP contribution in [0.4, 0.5) is 0 Å². The molecule has 0 aromatic carbocycles. The Morgan fingerprint density at radius 1 is 1.37 bits per heavy atom. The van der Waals surface area contributed by atoms with Crippen LogP contribution in [0.1, 0.15) is 33.6 Å². The molecule has 1 atom stereocenters. The maximum atomic E-state index is 11.8. The fourth-order valence-corrected chi connectivity index (χ4v) is 2.40. The van der Waals surface area contributed by atoms with Crippen LogP contribution in [0.2, 0.25) is 0 Å². The molecule has 1 heterocycles. The van der Waals surface area contributed by atoms with Gasteiger partial charge in [0.2, 0.25) is 5.91 Å². The number of amides is 1. The summed E-state index contributed by atoms with van der Waals surface area (Å²) in [7, 11) is 0. The molecular weight excluding hydrogens is 238 g/mol. The van der Waals surface area contributed by atoms with E-state index in [-0.39, 0.29) is 11.9 Å². The second kappa shape index (κ2) is 8.19. The highest BCUT2D eigenvalue weighted by atomic mass is 16.2. The molecule has 0 saturated carbocycles. The second-order valence-electron chi connectivity index (χ2n) is 5.64. The van der Waals surface area contributed by atoms with Crippen molar-refractivity contribution in [3.8, 4) is 12.3 Å². The summed E-state index contributed by atoms with van der Waals surface area (Å²) in [5.41, 5.74) is 0. The van der Waals surface area contributed by atoms with Gasteiger partial charge in [-0.3, -0.25) is 9.69 Å². The Hall–Kier alpha value is -1.05. The molecule has 0 spiro atoms. The third kappa shape index (κ3) is 5.63. The van der Waals surface area contributed by atoms with Crippen molar-refractivity contribution in [3.05, 3.63) is 0 Å². The maximum Gasteiger partial charge on any atom is 0.237 e. The average Bonchev–Trinajstić information content (AvgIpc) is 2.42. The molecule has 4 nitrogen and oxygen atoms in total. The van der Waals surface area contributed by atoms with Gasteiger partial charge in [-0.2, -0.15) is 0 Å². The van der Waals surface area contributed by atoms with Crippen LogP contribution < -0.4 is 10.6 Å². The van der Waals surface area contributed by atoms with Crippen LogP contribution in [0.25, 0.3) is 0 Å². The van der Waals surface area contributed by atoms with Gasteiger partial charge in [0.25, 0.3) is 0 Å². The van der Waals surface area contributed by atoms with Crippen molar-refractivity contribution in [1.29, 1.82) is 0 Å². The highest BCUT2D eigenvalue weighted by Crippen LogP contribution is 2.18. The zero-order chi connectivity index (χ0) is 14.3. The lowest BCUT2D eigenvalue weighted by molar-refractivity contribution is -0.126. The van der Waals surface area contributed by atoms with Crippen molar-refractivity contribution < 1.29 is 4.79 Å². The summed E-state index contributed by atoms with van der Waals surface area (Å²) in [6.07, 6.45) is 7.46. The number of rotatable bonds is 6. The number of hydrogen-bond donors (Lipinski definition) is 2. The number of hydrogen-bond acceptors (Lipinski definition) is 3. The van der Waals surface area contributed by atoms with Crippen LogP contribution in [-0.2, 0) is 4.79 Å². The van der Waals surface area contributed by atoms with Crippen molar-refractivity contribution in [1.82, 2.24) is 15.5 Å². The SMILES string of the molecule is C#CCNC(=O)C(C)N1CCC(CNC(C)C)CC1. The molecule has 1 amide bonds. The van der Waals surface area contributed by atoms with Gasteiger partial charge in [-0.15, -0.1) is 6.42 Å². The Balaban J connectivity index is 2.29. The van der Waals surface area contributed by atoms with Gasteiger partial charge in [-0.25, -0.2) is 0 Å². The van der Waals surface area contributed by atoms with E-state index >= 15 is 0 Å². The van der Waals surface area contributed by atoms with E-state index in [1.165, 1.54) is 0 Å². The molecular formula is C15H27N3O. The van der Waals surface area contributed by atoms with Crippen molar-refractivity contribution >= 4 is 5.91 Å². The van der Waals surface area contributed by atoms with Gasteiger partial charge >= 0.3 is 0 Å². The third-order valence-corrected chi connectivity index (χ3v) is 3.76. The minimum absolute atomic E-state index is 0.0386. The molecule has 19 heavy (non-hydrogen) atoms. The first-order valence-electron chi connectivity index (χ1n) is 7.23. The van der Waals surface area contributed by atoms with E-state index in [4.69, 9.17) is 6.42 Å². The second-order valence-corrected chi connectivity index (χ2v) is 5.64. The van der Waals surface area contributed by atoms with Gasteiger partial charge in [-0.1, -0.05) is 19.8 Å². The van der Waals surface area contributed by atoms with Crippen LogP contribution in [-0.4, -0.2) is 49.1 Å². The third-order valence-electron chi connectivity index (χ3n) is 3.76. The van der Waals surface area contributed by atoms with Crippen LogP contribution in [0, 0.1) is 18.3 Å². The first-order valence-corrected chi connectivity index (χ1v) is 7.23. The number of carbonyl (C=O) groups excluding carboxylic acids is 1. The van der Waals surface area contributed by atoms with Crippen LogP contribution in [0.3, 0.4) is 0 Å². The summed E-state index contributed by atoms with van der Waals surface area (Å²) in [5.74, 6) is 3.21. The van der Waals surface area contributed by atoms with E-state index in [0.29, 0.717) is 12.6 Å². The van der Waals surface area contributed by atoms with Crippen LogP contribution in [0.15, 0.2) is 0 Å². The molecule has 0 radical (unpaired) electrons. The van der Waals surface area contributed by atoms with Crippen LogP contribution >= 0.6 is 0 Å². The van der Waals surface area contributed by atoms with E-state index in [0.717, 1.165) is 38.4 Å². The van der Waals surface area contributed by atoms with Gasteiger partial charge in [-0.05, 0) is 45.3 Å². The Morgan fingerprint density at radius 3 is 2.53 bits per heavy atom. The van der Waals surface area contributed by atoms with E-state index in [1.54, 1.807) is 0 Å². The Morgan fingerprint density at radius 2 is 2.00 bits per heavy atom. The molecule has 1 saturated heterocycles. The quantitative estimate of drug-likeness (QED) is 0.699. The average molecular weight is 265 g/mol. The van der Waals surface area contributed by atoms with Gasteiger partial charge in [0.1, 0.15) is 0 Å². The van der Waals surface area contributed by atoms with E-state index in [2.05, 4.69) is 35.3 Å². The molecule has 1 fully saturated rings. The highest BCUT2D eigenvalue weighted by molar-refractivity contribution is 5.81. The predicted molar refractivity (Wildman–Crippen MR) is 78.7 cm³/mol. The molecule has 0 aromatic rings. The zero-order valence-corrected chi connectivity index (χ0v) is 12.4. The van der Waals surface area contributed by atoms with Gasteiger partial charge < -0.3 is 10.6 Å². The number of piperidine rings is 1. The first-order chi connectivity index (χ1) is 9.04. The lowest BCUT2D eigenvalue weighted by atomic mass is 9.95. The summed E-state index contributed by atoms with van der Waals surface area (Å²) in [6.45, 7) is 9.70. The molecule has 1 unspecified atom stereocenters. The lowest BCUT2D eigenvalue weighted by Gasteiger charge is -2.35. The number of terminal acetylenes is 1. The Bertz CT molecular complexity index is 314. The zero-order valence-electron chi connectivity index (χ0n) is 12.4. The van der Waals surface area contributed by atoms with Crippen molar-refractivity contribution in [2.24, 2.45) is 5.92 Å². The molecule has 0 aliphatic carbocycles. The topological polar surface area (TPSA) is 44.4 Å². The predicted octanol–water partition coefficient (Wildman–Crippen LogP) is 0.834. The van der Waals surface area contributed by atoms with Crippen molar-refractivity contribution in [2.45, 2.75) is 45.7 Å². The van der Waals surface area contributed by atoms with E-state index in [9.17, 15) is 4.79 Å². The fourth-order valence-electron chi connectivity index (χ4n) is 2.40. The largest absolute Gasteiger partial charge is 0.344 e. The molecule has 2 N–H and O–H groups in total. The first kappa shape index (κ1) is 16.0. The molecule has 0 bridgehead atoms. The smallest absolute Gasteiger partial charge is 0.237 e. The Labute approximate surface area is 117 Å². The fraction of sp³-hybridized carbons (Fsp3) is 0.800. The Kier molecular flexibility index (Phi) is 6.90. The van der Waals surface area contributed by atoms with E-state index in [1.807, 2.05) is 6.92 Å². The van der Waals surface area contributed by atoms with E-state index < -0.39 is 0 Å². The highest BCUT2D eigenvalue weighted by Gasteiger charge is 2.26. The van der Waals surface area contributed by atoms with Crippen molar-refractivity contribution in [2.75, 3.05) is 26.2 Å². The maximum absolute atomic E-state index is 11.8. The van der Waals surface area contributed by atoms with Gasteiger partial charge in [0.05, 0.1) is 12.6 Å². The number of carbonyl (C=O) groups is 1. The molecule has 1 aliphatic rings. The van der Waals surface area contributed by atoms with Crippen LogP contribution in [0.5, 0.6) is 0 Å². The molecule has 108 valence electrons. The summed E-state index contributed by atoms with van der Waals surface area (Å²) in [6, 6.07) is 0.471. The summed E-state index contributed by atoms with van der Waals surface area (Å²) < 4.78 is 0. The van der Waals surface area contributed by atoms with Gasteiger partial charge in [0, 0.05) is 6.04 Å². The minimum Gasteiger partial charge on any atom is -0.344 e. The van der Waals surface area contributed by atoms with Gasteiger partial charge in [0.15, 0.2) is 0 Å². The lowest BCUT2D eigenvalue weighted by Crippen LogP contribution is -2.49. The molecule has 1 rings (SSSR count).